The molecule has 100 valence electrons. The topological polar surface area (TPSA) is 41.1 Å². The molecule has 0 saturated carbocycles. The largest absolute Gasteiger partial charge is 0.348 e. The molecule has 2 N–H and O–H groups in total. The molecule has 1 atom stereocenters. The van der Waals surface area contributed by atoms with E-state index in [1.165, 1.54) is 0 Å². The van der Waals surface area contributed by atoms with Crippen molar-refractivity contribution in [2.45, 2.75) is 39.3 Å². The fraction of sp³-hybridized carbons (Fsp3) is 0.500. The molecule has 1 rings (SSSR count). The zero-order valence-corrected chi connectivity index (χ0v) is 12.1. The van der Waals surface area contributed by atoms with Crippen LogP contribution in [-0.2, 0) is 4.79 Å². The number of benzene rings is 1. The third-order valence-electron chi connectivity index (χ3n) is 2.53. The predicted octanol–water partition coefficient (Wildman–Crippen LogP) is 2.91. The summed E-state index contributed by atoms with van der Waals surface area (Å²) in [4.78, 5) is 11.8. The summed E-state index contributed by atoms with van der Waals surface area (Å²) in [5, 5.41) is 6.75. The van der Waals surface area contributed by atoms with Gasteiger partial charge in [-0.2, -0.15) is 0 Å². The second-order valence-corrected chi connectivity index (χ2v) is 5.82. The van der Waals surface area contributed by atoms with Crippen molar-refractivity contribution in [3.05, 3.63) is 34.9 Å². The van der Waals surface area contributed by atoms with Gasteiger partial charge in [0.05, 0.1) is 12.6 Å². The highest BCUT2D eigenvalue weighted by Crippen LogP contribution is 2.21. The van der Waals surface area contributed by atoms with E-state index in [1.54, 1.807) is 0 Å². The highest BCUT2D eigenvalue weighted by Gasteiger charge is 2.14. The first-order chi connectivity index (χ1) is 8.29. The van der Waals surface area contributed by atoms with Crippen LogP contribution in [-0.4, -0.2) is 18.0 Å². The van der Waals surface area contributed by atoms with Crippen molar-refractivity contribution in [2.24, 2.45) is 0 Å². The highest BCUT2D eigenvalue weighted by atomic mass is 35.5. The molecule has 1 aromatic rings. The lowest BCUT2D eigenvalue weighted by atomic mass is 10.1. The SMILES string of the molecule is C[C@H](NC(=O)CNC(C)(C)C)c1ccccc1Cl. The van der Waals surface area contributed by atoms with Crippen LogP contribution in [0.3, 0.4) is 0 Å². The number of carbonyl (C=O) groups excluding carboxylic acids is 1. The van der Waals surface area contributed by atoms with Crippen molar-refractivity contribution >= 4 is 17.5 Å². The lowest BCUT2D eigenvalue weighted by molar-refractivity contribution is -0.121. The molecule has 1 aromatic carbocycles. The Morgan fingerprint density at radius 1 is 1.33 bits per heavy atom. The smallest absolute Gasteiger partial charge is 0.234 e. The van der Waals surface area contributed by atoms with Crippen LogP contribution in [0, 0.1) is 0 Å². The minimum Gasteiger partial charge on any atom is -0.348 e. The molecule has 0 fully saturated rings. The second-order valence-electron chi connectivity index (χ2n) is 5.41. The Morgan fingerprint density at radius 3 is 2.50 bits per heavy atom. The van der Waals surface area contributed by atoms with Crippen LogP contribution in [0.5, 0.6) is 0 Å². The molecule has 1 amide bonds. The molecule has 0 aliphatic rings. The maximum absolute atomic E-state index is 11.8. The van der Waals surface area contributed by atoms with Gasteiger partial charge in [0.2, 0.25) is 5.91 Å². The molecule has 0 spiro atoms. The molecular formula is C14H21ClN2O. The number of amides is 1. The molecule has 18 heavy (non-hydrogen) atoms. The zero-order chi connectivity index (χ0) is 13.8. The Balaban J connectivity index is 2.53. The molecule has 0 radical (unpaired) electrons. The summed E-state index contributed by atoms with van der Waals surface area (Å²) in [6, 6.07) is 7.45. The van der Waals surface area contributed by atoms with Crippen LogP contribution in [0.2, 0.25) is 5.02 Å². The highest BCUT2D eigenvalue weighted by molar-refractivity contribution is 6.31. The molecule has 0 saturated heterocycles. The van der Waals surface area contributed by atoms with Crippen LogP contribution >= 0.6 is 11.6 Å². The molecule has 0 heterocycles. The van der Waals surface area contributed by atoms with E-state index in [2.05, 4.69) is 10.6 Å². The summed E-state index contributed by atoms with van der Waals surface area (Å²) < 4.78 is 0. The number of rotatable bonds is 4. The van der Waals surface area contributed by atoms with Crippen LogP contribution in [0.25, 0.3) is 0 Å². The van der Waals surface area contributed by atoms with Gasteiger partial charge in [0.1, 0.15) is 0 Å². The molecular weight excluding hydrogens is 248 g/mol. The molecule has 0 aliphatic heterocycles. The Morgan fingerprint density at radius 2 is 1.94 bits per heavy atom. The van der Waals surface area contributed by atoms with Gasteiger partial charge in [0.15, 0.2) is 0 Å². The first kappa shape index (κ1) is 15.0. The summed E-state index contributed by atoms with van der Waals surface area (Å²) in [7, 11) is 0. The number of nitrogens with one attached hydrogen (secondary N) is 2. The first-order valence-electron chi connectivity index (χ1n) is 6.08. The molecule has 0 aromatic heterocycles. The van der Waals surface area contributed by atoms with E-state index < -0.39 is 0 Å². The van der Waals surface area contributed by atoms with Gasteiger partial charge in [0, 0.05) is 10.6 Å². The van der Waals surface area contributed by atoms with Crippen molar-refractivity contribution < 1.29 is 4.79 Å². The van der Waals surface area contributed by atoms with E-state index in [1.807, 2.05) is 52.0 Å². The van der Waals surface area contributed by atoms with Crippen molar-refractivity contribution in [1.82, 2.24) is 10.6 Å². The van der Waals surface area contributed by atoms with Gasteiger partial charge < -0.3 is 10.6 Å². The Kier molecular flexibility index (Phi) is 5.17. The fourth-order valence-corrected chi connectivity index (χ4v) is 1.84. The summed E-state index contributed by atoms with van der Waals surface area (Å²) in [5.74, 6) is -0.0302. The van der Waals surface area contributed by atoms with E-state index in [9.17, 15) is 4.79 Å². The average molecular weight is 269 g/mol. The van der Waals surface area contributed by atoms with Gasteiger partial charge in [0.25, 0.3) is 0 Å². The molecule has 3 nitrogen and oxygen atoms in total. The van der Waals surface area contributed by atoms with Crippen LogP contribution in [0.15, 0.2) is 24.3 Å². The quantitative estimate of drug-likeness (QED) is 0.882. The van der Waals surface area contributed by atoms with Gasteiger partial charge in [-0.1, -0.05) is 29.8 Å². The molecule has 4 heteroatoms. The Hall–Kier alpha value is -1.06. The van der Waals surface area contributed by atoms with Gasteiger partial charge in [-0.3, -0.25) is 4.79 Å². The van der Waals surface area contributed by atoms with Gasteiger partial charge >= 0.3 is 0 Å². The first-order valence-corrected chi connectivity index (χ1v) is 6.46. The Labute approximate surface area is 114 Å². The van der Waals surface area contributed by atoms with Crippen molar-refractivity contribution in [3.63, 3.8) is 0 Å². The van der Waals surface area contributed by atoms with Crippen molar-refractivity contribution in [2.75, 3.05) is 6.54 Å². The van der Waals surface area contributed by atoms with Crippen LogP contribution in [0.4, 0.5) is 0 Å². The van der Waals surface area contributed by atoms with Crippen LogP contribution < -0.4 is 10.6 Å². The van der Waals surface area contributed by atoms with Gasteiger partial charge in [-0.15, -0.1) is 0 Å². The van der Waals surface area contributed by atoms with Gasteiger partial charge in [-0.05, 0) is 39.3 Å². The molecule has 0 bridgehead atoms. The number of hydrogen-bond donors (Lipinski definition) is 2. The lowest BCUT2D eigenvalue weighted by Gasteiger charge is -2.21. The number of halogens is 1. The normalized spacial score (nSPS) is 13.2. The molecule has 0 unspecified atom stereocenters. The minimum atomic E-state index is -0.0898. The van der Waals surface area contributed by atoms with E-state index in [4.69, 9.17) is 11.6 Å². The number of carbonyl (C=O) groups is 1. The maximum atomic E-state index is 11.8. The zero-order valence-electron chi connectivity index (χ0n) is 11.4. The molecule has 0 aliphatic carbocycles. The summed E-state index contributed by atoms with van der Waals surface area (Å²) in [6.45, 7) is 8.31. The van der Waals surface area contributed by atoms with E-state index in [0.717, 1.165) is 5.56 Å². The second kappa shape index (κ2) is 6.21. The average Bonchev–Trinajstić information content (AvgIpc) is 2.26. The van der Waals surface area contributed by atoms with Crippen LogP contribution in [0.1, 0.15) is 39.3 Å². The Bertz CT molecular complexity index is 413. The van der Waals surface area contributed by atoms with Gasteiger partial charge in [-0.25, -0.2) is 0 Å². The lowest BCUT2D eigenvalue weighted by Crippen LogP contribution is -2.43. The van der Waals surface area contributed by atoms with E-state index in [-0.39, 0.29) is 17.5 Å². The van der Waals surface area contributed by atoms with Crippen molar-refractivity contribution in [1.29, 1.82) is 0 Å². The van der Waals surface area contributed by atoms with E-state index in [0.29, 0.717) is 11.6 Å². The third kappa shape index (κ3) is 5.07. The summed E-state index contributed by atoms with van der Waals surface area (Å²) in [5.41, 5.74) is 0.869. The van der Waals surface area contributed by atoms with E-state index >= 15 is 0 Å². The monoisotopic (exact) mass is 268 g/mol. The minimum absolute atomic E-state index is 0.0302. The number of hydrogen-bond acceptors (Lipinski definition) is 2. The maximum Gasteiger partial charge on any atom is 0.234 e. The summed E-state index contributed by atoms with van der Waals surface area (Å²) >= 11 is 6.09. The fourth-order valence-electron chi connectivity index (χ4n) is 1.54. The third-order valence-corrected chi connectivity index (χ3v) is 2.87. The standard InChI is InChI=1S/C14H21ClN2O/c1-10(11-7-5-6-8-12(11)15)17-13(18)9-16-14(2,3)4/h5-8,10,16H,9H2,1-4H3,(H,17,18)/t10-/m0/s1. The van der Waals surface area contributed by atoms with Crippen molar-refractivity contribution in [3.8, 4) is 0 Å². The predicted molar refractivity (Wildman–Crippen MR) is 75.8 cm³/mol. The summed E-state index contributed by atoms with van der Waals surface area (Å²) in [6.07, 6.45) is 0.